The second-order valence-electron chi connectivity index (χ2n) is 7.30. The molecule has 9 heteroatoms. The van der Waals surface area contributed by atoms with Gasteiger partial charge in [-0.2, -0.15) is 0 Å². The van der Waals surface area contributed by atoms with Crippen LogP contribution in [0.5, 0.6) is 0 Å². The number of hydrogen-bond acceptors (Lipinski definition) is 6. The monoisotopic (exact) mass is 426 g/mol. The molecule has 0 atom stereocenters. The van der Waals surface area contributed by atoms with Crippen LogP contribution >= 0.6 is 11.6 Å². The minimum atomic E-state index is -0.876. The van der Waals surface area contributed by atoms with Crippen LogP contribution in [0.3, 0.4) is 0 Å². The molecule has 0 spiro atoms. The number of anilines is 1. The molecular formula is C21H20ClFN6O. The van der Waals surface area contributed by atoms with Gasteiger partial charge in [0, 0.05) is 36.3 Å². The van der Waals surface area contributed by atoms with Crippen LogP contribution in [-0.4, -0.2) is 45.8 Å². The molecule has 1 fully saturated rings. The number of benzene rings is 1. The number of alkyl halides is 1. The van der Waals surface area contributed by atoms with Gasteiger partial charge in [0.1, 0.15) is 11.9 Å². The summed E-state index contributed by atoms with van der Waals surface area (Å²) in [7, 11) is 1.58. The van der Waals surface area contributed by atoms with Gasteiger partial charge in [0.15, 0.2) is 0 Å². The molecule has 1 saturated carbocycles. The van der Waals surface area contributed by atoms with Crippen molar-refractivity contribution in [3.05, 3.63) is 65.1 Å². The molecular weight excluding hydrogens is 407 g/mol. The smallest absolute Gasteiger partial charge is 0.251 e. The predicted molar refractivity (Wildman–Crippen MR) is 112 cm³/mol. The van der Waals surface area contributed by atoms with Crippen LogP contribution in [-0.2, 0) is 5.41 Å². The van der Waals surface area contributed by atoms with E-state index in [-0.39, 0.29) is 5.91 Å². The van der Waals surface area contributed by atoms with Gasteiger partial charge in [0.05, 0.1) is 16.9 Å². The molecule has 3 aromatic rings. The van der Waals surface area contributed by atoms with E-state index in [0.717, 1.165) is 5.56 Å². The maximum absolute atomic E-state index is 13.7. The van der Waals surface area contributed by atoms with E-state index in [9.17, 15) is 9.18 Å². The molecule has 1 aromatic carbocycles. The van der Waals surface area contributed by atoms with Gasteiger partial charge in [-0.25, -0.2) is 9.37 Å². The van der Waals surface area contributed by atoms with Gasteiger partial charge in [-0.3, -0.25) is 9.78 Å². The third kappa shape index (κ3) is 3.95. The molecule has 2 aromatic heterocycles. The fraction of sp³-hybridized carbons (Fsp3) is 0.286. The van der Waals surface area contributed by atoms with Crippen LogP contribution < -0.4 is 10.6 Å². The third-order valence-corrected chi connectivity index (χ3v) is 5.58. The highest BCUT2D eigenvalue weighted by Crippen LogP contribution is 2.46. The number of rotatable bonds is 6. The van der Waals surface area contributed by atoms with Crippen molar-refractivity contribution in [3.8, 4) is 11.3 Å². The van der Waals surface area contributed by atoms with Gasteiger partial charge in [0.2, 0.25) is 5.95 Å². The zero-order chi connectivity index (χ0) is 21.1. The zero-order valence-corrected chi connectivity index (χ0v) is 17.0. The van der Waals surface area contributed by atoms with Crippen LogP contribution in [0.1, 0.15) is 28.9 Å². The van der Waals surface area contributed by atoms with Gasteiger partial charge in [0.25, 0.3) is 5.91 Å². The minimum absolute atomic E-state index is 0.179. The maximum Gasteiger partial charge on any atom is 0.251 e. The van der Waals surface area contributed by atoms with Crippen molar-refractivity contribution in [1.82, 2.24) is 25.5 Å². The first-order valence-corrected chi connectivity index (χ1v) is 9.90. The van der Waals surface area contributed by atoms with Crippen LogP contribution in [0.4, 0.5) is 10.3 Å². The fourth-order valence-corrected chi connectivity index (χ4v) is 4.01. The maximum atomic E-state index is 13.7. The van der Waals surface area contributed by atoms with E-state index >= 15 is 0 Å². The normalized spacial score (nSPS) is 20.3. The molecule has 30 heavy (non-hydrogen) atoms. The Hall–Kier alpha value is -3.13. The van der Waals surface area contributed by atoms with Crippen molar-refractivity contribution in [1.29, 1.82) is 0 Å². The highest BCUT2D eigenvalue weighted by molar-refractivity contribution is 6.31. The fourth-order valence-electron chi connectivity index (χ4n) is 3.69. The van der Waals surface area contributed by atoms with Gasteiger partial charge in [-0.1, -0.05) is 23.7 Å². The molecule has 1 aliphatic rings. The Labute approximate surface area is 178 Å². The summed E-state index contributed by atoms with van der Waals surface area (Å²) in [6.07, 6.45) is 3.05. The summed E-state index contributed by atoms with van der Waals surface area (Å²) in [6.45, 7) is 0.400. The second kappa shape index (κ2) is 8.31. The number of carbonyl (C=O) groups excluding carboxylic acids is 1. The molecule has 0 saturated heterocycles. The van der Waals surface area contributed by atoms with E-state index in [1.54, 1.807) is 49.8 Å². The standard InChI is InChI=1S/C21H20ClFN6O/c1-24-19(30)14-5-2-4-13(8-14)17-11-26-20(29-28-17)27-12-21(9-15(23)10-21)18-16(22)6-3-7-25-18/h2-8,11,15H,9-10,12H2,1H3,(H,24,30)(H,26,27,29). The molecule has 7 nitrogen and oxygen atoms in total. The van der Waals surface area contributed by atoms with Crippen molar-refractivity contribution in [3.63, 3.8) is 0 Å². The molecule has 0 bridgehead atoms. The number of amides is 1. The van der Waals surface area contributed by atoms with Crippen LogP contribution in [0.15, 0.2) is 48.8 Å². The number of pyridine rings is 1. The first-order valence-electron chi connectivity index (χ1n) is 9.52. The molecule has 2 heterocycles. The Morgan fingerprint density at radius 1 is 1.23 bits per heavy atom. The number of nitrogens with one attached hydrogen (secondary N) is 2. The predicted octanol–water partition coefficient (Wildman–Crippen LogP) is 3.43. The summed E-state index contributed by atoms with van der Waals surface area (Å²) in [5.41, 5.74) is 1.99. The third-order valence-electron chi connectivity index (χ3n) is 5.28. The molecule has 0 aliphatic heterocycles. The minimum Gasteiger partial charge on any atom is -0.355 e. The summed E-state index contributed by atoms with van der Waals surface area (Å²) in [6, 6.07) is 10.6. The van der Waals surface area contributed by atoms with Crippen molar-refractivity contribution in [2.75, 3.05) is 18.9 Å². The van der Waals surface area contributed by atoms with Crippen molar-refractivity contribution in [2.45, 2.75) is 24.4 Å². The van der Waals surface area contributed by atoms with Gasteiger partial charge in [-0.15, -0.1) is 10.2 Å². The Kier molecular flexibility index (Phi) is 5.59. The summed E-state index contributed by atoms with van der Waals surface area (Å²) in [5, 5.41) is 14.6. The second-order valence-corrected chi connectivity index (χ2v) is 7.71. The molecule has 0 unspecified atom stereocenters. The topological polar surface area (TPSA) is 92.7 Å². The van der Waals surface area contributed by atoms with Gasteiger partial charge >= 0.3 is 0 Å². The lowest BCUT2D eigenvalue weighted by Gasteiger charge is -2.44. The molecule has 154 valence electrons. The van der Waals surface area contributed by atoms with Crippen LogP contribution in [0.2, 0.25) is 5.02 Å². The molecule has 1 aliphatic carbocycles. The van der Waals surface area contributed by atoms with E-state index in [0.29, 0.717) is 47.3 Å². The highest BCUT2D eigenvalue weighted by Gasteiger charge is 2.48. The van der Waals surface area contributed by atoms with Crippen molar-refractivity contribution < 1.29 is 9.18 Å². The van der Waals surface area contributed by atoms with E-state index in [1.807, 2.05) is 6.07 Å². The van der Waals surface area contributed by atoms with Gasteiger partial charge in [-0.05, 0) is 37.1 Å². The number of halogens is 2. The Balaban J connectivity index is 1.49. The van der Waals surface area contributed by atoms with E-state index < -0.39 is 11.6 Å². The number of carbonyl (C=O) groups is 1. The quantitative estimate of drug-likeness (QED) is 0.627. The average molecular weight is 427 g/mol. The molecule has 1 amide bonds. The summed E-state index contributed by atoms with van der Waals surface area (Å²) in [4.78, 5) is 20.5. The first kappa shape index (κ1) is 20.2. The Morgan fingerprint density at radius 3 is 2.73 bits per heavy atom. The first-order chi connectivity index (χ1) is 14.5. The molecule has 0 radical (unpaired) electrons. The molecule has 2 N–H and O–H groups in total. The highest BCUT2D eigenvalue weighted by atomic mass is 35.5. The lowest BCUT2D eigenvalue weighted by atomic mass is 9.65. The summed E-state index contributed by atoms with van der Waals surface area (Å²) in [5.74, 6) is 0.149. The van der Waals surface area contributed by atoms with E-state index in [2.05, 4.69) is 30.8 Å². The van der Waals surface area contributed by atoms with Gasteiger partial charge < -0.3 is 10.6 Å². The van der Waals surface area contributed by atoms with E-state index in [4.69, 9.17) is 11.6 Å². The molecule has 4 rings (SSSR count). The van der Waals surface area contributed by atoms with Crippen molar-refractivity contribution >= 4 is 23.5 Å². The summed E-state index contributed by atoms with van der Waals surface area (Å²) >= 11 is 6.30. The zero-order valence-electron chi connectivity index (χ0n) is 16.3. The number of hydrogen-bond donors (Lipinski definition) is 2. The lowest BCUT2D eigenvalue weighted by molar-refractivity contribution is 0.0962. The van der Waals surface area contributed by atoms with E-state index in [1.165, 1.54) is 0 Å². The van der Waals surface area contributed by atoms with Crippen LogP contribution in [0, 0.1) is 0 Å². The number of nitrogens with zero attached hydrogens (tertiary/aromatic N) is 4. The number of aromatic nitrogens is 4. The van der Waals surface area contributed by atoms with Crippen LogP contribution in [0.25, 0.3) is 11.3 Å². The SMILES string of the molecule is CNC(=O)c1cccc(-c2cnc(NCC3(c4ncccc4Cl)CC(F)C3)nn2)c1. The average Bonchev–Trinajstić information content (AvgIpc) is 2.76. The van der Waals surface area contributed by atoms with Crippen molar-refractivity contribution in [2.24, 2.45) is 0 Å². The summed E-state index contributed by atoms with van der Waals surface area (Å²) < 4.78 is 13.7. The largest absolute Gasteiger partial charge is 0.355 e. The lowest BCUT2D eigenvalue weighted by Crippen LogP contribution is -2.48. The Bertz CT molecular complexity index is 1060. The Morgan fingerprint density at radius 2 is 2.07 bits per heavy atom.